The molecular formula is C56H68N4O6. The summed E-state index contributed by atoms with van der Waals surface area (Å²) < 4.78 is 16.6. The van der Waals surface area contributed by atoms with Crippen LogP contribution in [-0.4, -0.2) is 93.6 Å². The molecule has 2 aliphatic carbocycles. The number of nitrogens with zero attached hydrogens (tertiary/aromatic N) is 4. The molecule has 0 atom stereocenters. The lowest BCUT2D eigenvalue weighted by molar-refractivity contribution is 0.0682. The molecule has 4 aliphatic rings. The second-order valence-electron chi connectivity index (χ2n) is 19.4. The Morgan fingerprint density at radius 2 is 1.11 bits per heavy atom. The number of hydrogen-bond acceptors (Lipinski definition) is 6. The van der Waals surface area contributed by atoms with Gasteiger partial charge in [0, 0.05) is 60.4 Å². The van der Waals surface area contributed by atoms with E-state index in [4.69, 9.17) is 14.6 Å². The molecule has 10 nitrogen and oxygen atoms in total. The van der Waals surface area contributed by atoms with Crippen molar-refractivity contribution >= 4 is 33.7 Å². The maximum Gasteiger partial charge on any atom is 0.339 e. The average molecular weight is 893 g/mol. The molecule has 10 heteroatoms. The second kappa shape index (κ2) is 21.8. The first-order valence-electron chi connectivity index (χ1n) is 24.9. The van der Waals surface area contributed by atoms with Crippen LogP contribution in [-0.2, 0) is 13.1 Å². The summed E-state index contributed by atoms with van der Waals surface area (Å²) in [4.78, 5) is 27.4. The van der Waals surface area contributed by atoms with Gasteiger partial charge in [0.05, 0.1) is 12.2 Å². The number of hydrogen-bond donors (Lipinski definition) is 2. The van der Waals surface area contributed by atoms with Crippen molar-refractivity contribution in [2.45, 2.75) is 102 Å². The van der Waals surface area contributed by atoms with E-state index in [0.29, 0.717) is 36.5 Å². The molecule has 0 unspecified atom stereocenters. The van der Waals surface area contributed by atoms with Crippen LogP contribution in [0.5, 0.6) is 11.5 Å². The lowest BCUT2D eigenvalue weighted by atomic mass is 9.89. The number of aromatic nitrogens is 2. The fourth-order valence-electron chi connectivity index (χ4n) is 10.9. The van der Waals surface area contributed by atoms with Gasteiger partial charge >= 0.3 is 11.9 Å². The smallest absolute Gasteiger partial charge is 0.339 e. The third kappa shape index (κ3) is 11.5. The van der Waals surface area contributed by atoms with Gasteiger partial charge in [-0.15, -0.1) is 0 Å². The first-order chi connectivity index (χ1) is 32.4. The maximum atomic E-state index is 11.4. The molecule has 2 saturated carbocycles. The Morgan fingerprint density at radius 1 is 0.545 bits per heavy atom. The van der Waals surface area contributed by atoms with Crippen LogP contribution in [0.25, 0.3) is 21.8 Å². The van der Waals surface area contributed by atoms with Crippen molar-refractivity contribution in [1.82, 2.24) is 18.9 Å². The molecule has 4 aromatic carbocycles. The minimum Gasteiger partial charge on any atom is -0.494 e. The molecule has 2 N–H and O–H groups in total. The molecule has 0 amide bonds. The van der Waals surface area contributed by atoms with E-state index in [9.17, 15) is 14.7 Å². The number of carboxylic acid groups (broad SMARTS) is 2. The number of piperidine rings is 2. The number of fused-ring (bicyclic) bond motifs is 2. The van der Waals surface area contributed by atoms with Crippen LogP contribution in [0.1, 0.15) is 121 Å². The number of rotatable bonds is 17. The van der Waals surface area contributed by atoms with E-state index in [1.54, 1.807) is 42.0 Å². The molecule has 4 fully saturated rings. The van der Waals surface area contributed by atoms with Crippen molar-refractivity contribution in [3.63, 3.8) is 0 Å². The third-order valence-corrected chi connectivity index (χ3v) is 14.8. The Labute approximate surface area is 390 Å². The highest BCUT2D eigenvalue weighted by atomic mass is 16.5. The van der Waals surface area contributed by atoms with Gasteiger partial charge in [-0.1, -0.05) is 73.9 Å². The number of benzene rings is 4. The Hall–Kier alpha value is -5.58. The summed E-state index contributed by atoms with van der Waals surface area (Å²) in [6.45, 7) is 9.66. The largest absolute Gasteiger partial charge is 0.494 e. The third-order valence-electron chi connectivity index (χ3n) is 14.8. The van der Waals surface area contributed by atoms with E-state index < -0.39 is 11.9 Å². The quantitative estimate of drug-likeness (QED) is 0.0872. The maximum absolute atomic E-state index is 11.4. The number of carboxylic acids is 2. The molecule has 4 heterocycles. The SMILES string of the molecule is O=C(O)c1cccc(OCCCN2CCC(c3cn(CC4CC4)c4ccccc34)CC2)c1.O=C(O)c1ccccc1OCCN1CCC(c2cn(CC3CCCCC3)c3ccccc23)CC1. The number of ether oxygens (including phenoxy) is 2. The first-order valence-corrected chi connectivity index (χ1v) is 24.9. The van der Waals surface area contributed by atoms with E-state index >= 15 is 0 Å². The van der Waals surface area contributed by atoms with Crippen LogP contribution in [0.3, 0.4) is 0 Å². The summed E-state index contributed by atoms with van der Waals surface area (Å²) in [7, 11) is 0. The Kier molecular flexibility index (Phi) is 15.1. The molecule has 0 spiro atoms. The van der Waals surface area contributed by atoms with Crippen molar-refractivity contribution < 1.29 is 29.3 Å². The van der Waals surface area contributed by atoms with Gasteiger partial charge in [0.25, 0.3) is 0 Å². The monoisotopic (exact) mass is 893 g/mol. The molecule has 2 aliphatic heterocycles. The lowest BCUT2D eigenvalue weighted by Crippen LogP contribution is -2.35. The molecule has 0 bridgehead atoms. The lowest BCUT2D eigenvalue weighted by Gasteiger charge is -2.32. The van der Waals surface area contributed by atoms with Crippen molar-refractivity contribution in [3.8, 4) is 11.5 Å². The molecule has 2 saturated heterocycles. The zero-order chi connectivity index (χ0) is 45.2. The van der Waals surface area contributed by atoms with E-state index in [1.165, 1.54) is 91.7 Å². The molecule has 0 radical (unpaired) electrons. The van der Waals surface area contributed by atoms with E-state index in [1.807, 2.05) is 12.1 Å². The van der Waals surface area contributed by atoms with Gasteiger partial charge in [-0.25, -0.2) is 9.59 Å². The highest BCUT2D eigenvalue weighted by Gasteiger charge is 2.28. The molecule has 2 aromatic heterocycles. The minimum absolute atomic E-state index is 0.228. The van der Waals surface area contributed by atoms with Crippen LogP contribution in [0.2, 0.25) is 0 Å². The Morgan fingerprint density at radius 3 is 1.70 bits per heavy atom. The Balaban J connectivity index is 0.000000166. The standard InChI is InChI=1S/C29H36N2O3.C27H32N2O3/c32-29(33)25-11-5-7-13-28(25)34-19-18-30-16-14-23(15-17-30)26-21-31(20-22-8-2-1-3-9-22)27-12-6-4-10-24(26)27;30-27(31)22-5-3-6-23(17-22)32-16-4-13-28-14-11-21(12-15-28)25-19-29(18-20-9-10-20)26-8-2-1-7-24(25)26/h4-7,10-13,21-23H,1-3,8-9,14-20H2,(H,32,33);1-3,5-8,17,19-21H,4,9-16,18H2,(H,30,31). The summed E-state index contributed by atoms with van der Waals surface area (Å²) in [5.74, 6) is 2.17. The minimum atomic E-state index is -0.945. The number of carbonyl (C=O) groups is 2. The fraction of sp³-hybridized carbons (Fsp3) is 0.464. The number of likely N-dealkylation sites (tertiary alicyclic amines) is 2. The van der Waals surface area contributed by atoms with Gasteiger partial charge in [-0.2, -0.15) is 0 Å². The fourth-order valence-corrected chi connectivity index (χ4v) is 10.9. The number of aromatic carboxylic acids is 2. The predicted molar refractivity (Wildman–Crippen MR) is 262 cm³/mol. The van der Waals surface area contributed by atoms with Crippen LogP contribution >= 0.6 is 0 Å². The van der Waals surface area contributed by atoms with E-state index in [2.05, 4.69) is 79.9 Å². The van der Waals surface area contributed by atoms with Crippen molar-refractivity contribution in [1.29, 1.82) is 0 Å². The second-order valence-corrected chi connectivity index (χ2v) is 19.4. The van der Waals surface area contributed by atoms with Gasteiger partial charge in [0.2, 0.25) is 0 Å². The Bertz CT molecular complexity index is 2540. The topological polar surface area (TPSA) is 109 Å². The van der Waals surface area contributed by atoms with Crippen LogP contribution in [0.4, 0.5) is 0 Å². The molecule has 6 aromatic rings. The highest BCUT2D eigenvalue weighted by molar-refractivity contribution is 5.91. The van der Waals surface area contributed by atoms with E-state index in [-0.39, 0.29) is 11.1 Å². The first kappa shape index (κ1) is 45.6. The van der Waals surface area contributed by atoms with Crippen molar-refractivity contribution in [2.75, 3.05) is 52.5 Å². The molecule has 66 heavy (non-hydrogen) atoms. The molecular weight excluding hydrogens is 825 g/mol. The molecule has 348 valence electrons. The summed E-state index contributed by atoms with van der Waals surface area (Å²) in [5, 5.41) is 21.3. The normalized spacial score (nSPS) is 18.0. The van der Waals surface area contributed by atoms with Crippen molar-refractivity contribution in [3.05, 3.63) is 132 Å². The van der Waals surface area contributed by atoms with Gasteiger partial charge in [0.1, 0.15) is 23.7 Å². The number of para-hydroxylation sites is 3. The van der Waals surface area contributed by atoms with E-state index in [0.717, 1.165) is 76.9 Å². The summed E-state index contributed by atoms with van der Waals surface area (Å²) in [6, 6.07) is 31.5. The zero-order valence-electron chi connectivity index (χ0n) is 38.6. The highest BCUT2D eigenvalue weighted by Crippen LogP contribution is 2.39. The summed E-state index contributed by atoms with van der Waals surface area (Å²) in [5.41, 5.74) is 6.37. The summed E-state index contributed by atoms with van der Waals surface area (Å²) >= 11 is 0. The van der Waals surface area contributed by atoms with Crippen molar-refractivity contribution in [2.24, 2.45) is 11.8 Å². The average Bonchev–Trinajstić information content (AvgIpc) is 4.01. The van der Waals surface area contributed by atoms with Crippen LogP contribution in [0, 0.1) is 11.8 Å². The van der Waals surface area contributed by atoms with Crippen LogP contribution in [0.15, 0.2) is 109 Å². The van der Waals surface area contributed by atoms with Gasteiger partial charge < -0.3 is 33.7 Å². The van der Waals surface area contributed by atoms with Gasteiger partial charge in [-0.05, 0) is 161 Å². The van der Waals surface area contributed by atoms with Gasteiger partial charge in [-0.3, -0.25) is 4.90 Å². The predicted octanol–water partition coefficient (Wildman–Crippen LogP) is 11.6. The van der Waals surface area contributed by atoms with Crippen LogP contribution < -0.4 is 9.47 Å². The molecule has 10 rings (SSSR count). The zero-order valence-corrected chi connectivity index (χ0v) is 38.6. The summed E-state index contributed by atoms with van der Waals surface area (Å²) in [6.07, 6.45) is 20.3. The van der Waals surface area contributed by atoms with Gasteiger partial charge in [0.15, 0.2) is 0 Å².